The summed E-state index contributed by atoms with van der Waals surface area (Å²) < 4.78 is 34.0. The van der Waals surface area contributed by atoms with Crippen LogP contribution in [0.3, 0.4) is 0 Å². The third-order valence-electron chi connectivity index (χ3n) is 11.6. The minimum atomic E-state index is -4.62. The summed E-state index contributed by atoms with van der Waals surface area (Å²) in [5.74, 6) is -0.815. The molecule has 0 aromatic carbocycles. The molecule has 2 unspecified atom stereocenters. The molecule has 0 aliphatic heterocycles. The van der Waals surface area contributed by atoms with Gasteiger partial charge in [0.25, 0.3) is 7.82 Å². The highest BCUT2D eigenvalue weighted by Gasteiger charge is 2.21. The van der Waals surface area contributed by atoms with Gasteiger partial charge >= 0.3 is 11.9 Å². The molecule has 0 saturated carbocycles. The molecule has 0 N–H and O–H groups in total. The van der Waals surface area contributed by atoms with E-state index in [1.165, 1.54) is 193 Å². The number of phosphoric acid groups is 1. The lowest BCUT2D eigenvalue weighted by molar-refractivity contribution is -0.870. The molecule has 0 radical (unpaired) electrons. The van der Waals surface area contributed by atoms with Crippen molar-refractivity contribution in [2.45, 2.75) is 264 Å². The largest absolute Gasteiger partial charge is 0.756 e. The average molecular weight is 874 g/mol. The van der Waals surface area contributed by atoms with Gasteiger partial charge in [-0.3, -0.25) is 14.2 Å². The van der Waals surface area contributed by atoms with Crippen molar-refractivity contribution in [2.75, 3.05) is 47.5 Å². The summed E-state index contributed by atoms with van der Waals surface area (Å²) in [7, 11) is 1.19. The van der Waals surface area contributed by atoms with Crippen molar-refractivity contribution in [1.82, 2.24) is 0 Å². The number of ether oxygens (including phenoxy) is 2. The Kier molecular flexibility index (Phi) is 42.6. The number of carbonyl (C=O) groups is 2. The summed E-state index contributed by atoms with van der Waals surface area (Å²) in [5.41, 5.74) is 0. The molecule has 0 heterocycles. The number of esters is 2. The van der Waals surface area contributed by atoms with Gasteiger partial charge in [-0.25, -0.2) is 0 Å². The van der Waals surface area contributed by atoms with E-state index in [1.807, 2.05) is 21.1 Å². The molecule has 0 aromatic rings. The van der Waals surface area contributed by atoms with E-state index >= 15 is 0 Å². The number of nitrogens with zero attached hydrogens (tertiary/aromatic N) is 1. The molecule has 0 aliphatic carbocycles. The van der Waals surface area contributed by atoms with Gasteiger partial charge in [0.05, 0.1) is 27.7 Å². The van der Waals surface area contributed by atoms with E-state index in [2.05, 4.69) is 13.8 Å². The molecule has 0 aromatic heterocycles. The van der Waals surface area contributed by atoms with Crippen LogP contribution in [-0.2, 0) is 32.7 Å². The van der Waals surface area contributed by atoms with Crippen LogP contribution in [0.1, 0.15) is 258 Å². The normalized spacial score (nSPS) is 13.4. The van der Waals surface area contributed by atoms with Crippen LogP contribution in [0.5, 0.6) is 0 Å². The number of unbranched alkanes of at least 4 members (excludes halogenated alkanes) is 34. The predicted octanol–water partition coefficient (Wildman–Crippen LogP) is 14.5. The smallest absolute Gasteiger partial charge is 0.306 e. The Balaban J connectivity index is 4.12. The molecule has 0 bridgehead atoms. The Labute approximate surface area is 372 Å². The van der Waals surface area contributed by atoms with Crippen LogP contribution in [-0.4, -0.2) is 70.0 Å². The van der Waals surface area contributed by atoms with Crippen molar-refractivity contribution >= 4 is 19.8 Å². The van der Waals surface area contributed by atoms with Crippen molar-refractivity contribution < 1.29 is 42.1 Å². The standard InChI is InChI=1S/C50H100NO8P/c1-6-8-10-12-14-16-18-20-21-22-23-24-25-26-27-28-29-31-32-34-36-38-40-42-49(52)56-46-48(47-58-60(54,55)57-45-44-51(3,4)5)59-50(53)43-41-39-37-35-33-30-19-17-15-13-11-9-7-2/h48H,6-47H2,1-5H3. The van der Waals surface area contributed by atoms with Crippen molar-refractivity contribution in [1.29, 1.82) is 0 Å². The summed E-state index contributed by atoms with van der Waals surface area (Å²) in [6, 6.07) is 0. The Hall–Kier alpha value is -0.990. The van der Waals surface area contributed by atoms with Crippen LogP contribution < -0.4 is 4.89 Å². The monoisotopic (exact) mass is 874 g/mol. The summed E-state index contributed by atoms with van der Waals surface area (Å²) >= 11 is 0. The lowest BCUT2D eigenvalue weighted by atomic mass is 10.0. The zero-order valence-electron chi connectivity index (χ0n) is 40.4. The zero-order chi connectivity index (χ0) is 44.3. The van der Waals surface area contributed by atoms with Gasteiger partial charge in [0.2, 0.25) is 0 Å². The first kappa shape index (κ1) is 59.0. The Morgan fingerprint density at radius 3 is 1.07 bits per heavy atom. The second kappa shape index (κ2) is 43.3. The van der Waals surface area contributed by atoms with E-state index < -0.39 is 26.5 Å². The van der Waals surface area contributed by atoms with Crippen LogP contribution in [0.4, 0.5) is 0 Å². The summed E-state index contributed by atoms with van der Waals surface area (Å²) in [6.45, 7) is 4.28. The van der Waals surface area contributed by atoms with Gasteiger partial charge in [-0.2, -0.15) is 0 Å². The van der Waals surface area contributed by atoms with Crippen LogP contribution in [0.15, 0.2) is 0 Å². The highest BCUT2D eigenvalue weighted by molar-refractivity contribution is 7.45. The zero-order valence-corrected chi connectivity index (χ0v) is 41.3. The van der Waals surface area contributed by atoms with Crippen molar-refractivity contribution in [3.8, 4) is 0 Å². The first-order valence-electron chi connectivity index (χ1n) is 25.7. The Morgan fingerprint density at radius 1 is 0.450 bits per heavy atom. The van der Waals surface area contributed by atoms with Crippen molar-refractivity contribution in [3.63, 3.8) is 0 Å². The summed E-state index contributed by atoms with van der Waals surface area (Å²) in [4.78, 5) is 37.6. The first-order chi connectivity index (χ1) is 29.0. The van der Waals surface area contributed by atoms with Gasteiger partial charge in [0.15, 0.2) is 6.10 Å². The van der Waals surface area contributed by atoms with E-state index in [4.69, 9.17) is 18.5 Å². The number of hydrogen-bond donors (Lipinski definition) is 0. The molecular formula is C50H100NO8P. The number of phosphoric ester groups is 1. The molecule has 60 heavy (non-hydrogen) atoms. The number of likely N-dealkylation sites (N-methyl/N-ethyl adjacent to an activating group) is 1. The molecule has 2 atom stereocenters. The molecule has 358 valence electrons. The van der Waals surface area contributed by atoms with E-state index in [9.17, 15) is 19.0 Å². The maximum Gasteiger partial charge on any atom is 0.306 e. The third-order valence-corrected chi connectivity index (χ3v) is 12.6. The molecule has 9 nitrogen and oxygen atoms in total. The van der Waals surface area contributed by atoms with Crippen LogP contribution >= 0.6 is 7.82 Å². The molecule has 0 rings (SSSR count). The SMILES string of the molecule is CCCCCCCCCCCCCCCCCCCCCCCCCC(=O)OCC(COP(=O)([O-])OCC[N+](C)(C)C)OC(=O)CCCCCCCCCCCCCCC. The highest BCUT2D eigenvalue weighted by Crippen LogP contribution is 2.38. The summed E-state index contributed by atoms with van der Waals surface area (Å²) in [5, 5.41) is 0. The van der Waals surface area contributed by atoms with Crippen LogP contribution in [0.2, 0.25) is 0 Å². The highest BCUT2D eigenvalue weighted by atomic mass is 31.2. The van der Waals surface area contributed by atoms with Gasteiger partial charge < -0.3 is 27.9 Å². The Morgan fingerprint density at radius 2 is 0.750 bits per heavy atom. The van der Waals surface area contributed by atoms with Gasteiger partial charge in [-0.1, -0.05) is 232 Å². The molecule has 0 fully saturated rings. The second-order valence-electron chi connectivity index (χ2n) is 18.9. The van der Waals surface area contributed by atoms with Crippen LogP contribution in [0, 0.1) is 0 Å². The lowest BCUT2D eigenvalue weighted by Gasteiger charge is -2.28. The maximum atomic E-state index is 12.7. The van der Waals surface area contributed by atoms with Gasteiger partial charge in [-0.15, -0.1) is 0 Å². The molecule has 0 aliphatic rings. The van der Waals surface area contributed by atoms with Gasteiger partial charge in [0.1, 0.15) is 19.8 Å². The maximum absolute atomic E-state index is 12.7. The molecule has 0 saturated heterocycles. The van der Waals surface area contributed by atoms with Crippen molar-refractivity contribution in [2.24, 2.45) is 0 Å². The number of rotatable bonds is 48. The number of quaternary nitrogens is 1. The van der Waals surface area contributed by atoms with E-state index in [1.54, 1.807) is 0 Å². The molecule has 0 spiro atoms. The topological polar surface area (TPSA) is 111 Å². The fraction of sp³-hybridized carbons (Fsp3) is 0.960. The minimum Gasteiger partial charge on any atom is -0.756 e. The number of hydrogen-bond acceptors (Lipinski definition) is 8. The lowest BCUT2D eigenvalue weighted by Crippen LogP contribution is -2.37. The average Bonchev–Trinajstić information content (AvgIpc) is 3.20. The second-order valence-corrected chi connectivity index (χ2v) is 20.3. The van der Waals surface area contributed by atoms with Gasteiger partial charge in [-0.05, 0) is 12.8 Å². The van der Waals surface area contributed by atoms with Crippen molar-refractivity contribution in [3.05, 3.63) is 0 Å². The third kappa shape index (κ3) is 46.5. The molecule has 0 amide bonds. The van der Waals surface area contributed by atoms with Gasteiger partial charge in [0, 0.05) is 12.8 Å². The molecule has 10 heteroatoms. The Bertz CT molecular complexity index is 990. The van der Waals surface area contributed by atoms with E-state index in [-0.39, 0.29) is 32.0 Å². The summed E-state index contributed by atoms with van der Waals surface area (Å²) in [6.07, 6.45) is 45.7. The predicted molar refractivity (Wildman–Crippen MR) is 250 cm³/mol. The van der Waals surface area contributed by atoms with E-state index in [0.717, 1.165) is 32.1 Å². The fourth-order valence-electron chi connectivity index (χ4n) is 7.60. The van der Waals surface area contributed by atoms with E-state index in [0.29, 0.717) is 17.4 Å². The fourth-order valence-corrected chi connectivity index (χ4v) is 8.33. The number of carbonyl (C=O) groups excluding carboxylic acids is 2. The van der Waals surface area contributed by atoms with Crippen LogP contribution in [0.25, 0.3) is 0 Å². The first-order valence-corrected chi connectivity index (χ1v) is 27.2. The molecular weight excluding hydrogens is 774 g/mol. The minimum absolute atomic E-state index is 0.0255. The quantitative estimate of drug-likeness (QED) is 0.0257.